The van der Waals surface area contributed by atoms with Crippen molar-refractivity contribution in [3.63, 3.8) is 0 Å². The van der Waals surface area contributed by atoms with Gasteiger partial charge in [0.15, 0.2) is 5.11 Å². The Morgan fingerprint density at radius 1 is 1.38 bits per heavy atom. The molecule has 0 bridgehead atoms. The molecule has 0 atom stereocenters. The molecule has 0 spiro atoms. The topological polar surface area (TPSA) is 24.5 Å². The van der Waals surface area contributed by atoms with E-state index in [9.17, 15) is 0 Å². The van der Waals surface area contributed by atoms with Crippen LogP contribution < -0.4 is 10.1 Å². The van der Waals surface area contributed by atoms with E-state index in [2.05, 4.69) is 27.7 Å². The lowest BCUT2D eigenvalue weighted by molar-refractivity contribution is 0.412. The van der Waals surface area contributed by atoms with E-state index in [0.29, 0.717) is 6.04 Å². The van der Waals surface area contributed by atoms with Crippen molar-refractivity contribution in [1.29, 1.82) is 0 Å². The minimum Gasteiger partial charge on any atom is -0.497 e. The molecule has 0 radical (unpaired) electrons. The van der Waals surface area contributed by atoms with E-state index in [0.717, 1.165) is 23.1 Å². The smallest absolute Gasteiger partial charge is 0.174 e. The summed E-state index contributed by atoms with van der Waals surface area (Å²) in [5.74, 6) is 0.832. The monoisotopic (exact) mass is 318 g/mol. The van der Waals surface area contributed by atoms with Crippen LogP contribution in [0, 0.1) is 0 Å². The predicted octanol–water partition coefficient (Wildman–Crippen LogP) is 4.12. The first-order valence-electron chi connectivity index (χ1n) is 7.00. The maximum absolute atomic E-state index is 5.60. The fourth-order valence-corrected chi connectivity index (χ4v) is 3.25. The van der Waals surface area contributed by atoms with E-state index in [1.165, 1.54) is 17.7 Å². The Morgan fingerprint density at radius 3 is 2.90 bits per heavy atom. The van der Waals surface area contributed by atoms with Gasteiger partial charge in [-0.1, -0.05) is 12.1 Å². The highest BCUT2D eigenvalue weighted by Gasteiger charge is 2.31. The number of benzene rings is 1. The van der Waals surface area contributed by atoms with Gasteiger partial charge in [0.1, 0.15) is 5.75 Å². The maximum atomic E-state index is 5.60. The molecule has 21 heavy (non-hydrogen) atoms. The number of hydrogen-bond acceptors (Lipinski definition) is 3. The van der Waals surface area contributed by atoms with Crippen LogP contribution in [0.15, 0.2) is 41.8 Å². The molecule has 3 rings (SSSR count). The van der Waals surface area contributed by atoms with Crippen LogP contribution in [0.3, 0.4) is 0 Å². The first-order valence-corrected chi connectivity index (χ1v) is 8.29. The van der Waals surface area contributed by atoms with Crippen molar-refractivity contribution >= 4 is 34.4 Å². The molecule has 0 saturated heterocycles. The average molecular weight is 318 g/mol. The highest BCUT2D eigenvalue weighted by molar-refractivity contribution is 7.80. The Balaban J connectivity index is 1.69. The summed E-state index contributed by atoms with van der Waals surface area (Å²) in [7, 11) is 1.67. The van der Waals surface area contributed by atoms with Gasteiger partial charge in [0.25, 0.3) is 0 Å². The third kappa shape index (κ3) is 3.74. The average Bonchev–Trinajstić information content (AvgIpc) is 3.21. The minimum absolute atomic E-state index is 0.581. The van der Waals surface area contributed by atoms with Crippen molar-refractivity contribution in [1.82, 2.24) is 4.90 Å². The van der Waals surface area contributed by atoms with Gasteiger partial charge in [-0.05, 0) is 48.6 Å². The van der Waals surface area contributed by atoms with E-state index in [-0.39, 0.29) is 0 Å². The van der Waals surface area contributed by atoms with Gasteiger partial charge < -0.3 is 15.0 Å². The number of methoxy groups -OCH3 is 1. The van der Waals surface area contributed by atoms with Crippen LogP contribution in [-0.2, 0) is 6.54 Å². The lowest BCUT2D eigenvalue weighted by Gasteiger charge is -2.25. The summed E-state index contributed by atoms with van der Waals surface area (Å²) in [6, 6.07) is 12.7. The summed E-state index contributed by atoms with van der Waals surface area (Å²) < 4.78 is 5.25. The van der Waals surface area contributed by atoms with Gasteiger partial charge in [0, 0.05) is 22.7 Å². The van der Waals surface area contributed by atoms with Gasteiger partial charge in [-0.15, -0.1) is 11.3 Å². The fraction of sp³-hybridized carbons (Fsp3) is 0.312. The summed E-state index contributed by atoms with van der Waals surface area (Å²) >= 11 is 7.38. The quantitative estimate of drug-likeness (QED) is 0.838. The van der Waals surface area contributed by atoms with Crippen molar-refractivity contribution in [2.24, 2.45) is 0 Å². The summed E-state index contributed by atoms with van der Waals surface area (Å²) in [5, 5.41) is 6.23. The Labute approximate surface area is 134 Å². The molecule has 1 aliphatic carbocycles. The van der Waals surface area contributed by atoms with Crippen LogP contribution in [-0.4, -0.2) is 23.2 Å². The molecule has 1 fully saturated rings. The summed E-state index contributed by atoms with van der Waals surface area (Å²) in [6.45, 7) is 0.887. The lowest BCUT2D eigenvalue weighted by Crippen LogP contribution is -2.35. The molecule has 0 aliphatic heterocycles. The Kier molecular flexibility index (Phi) is 4.41. The maximum Gasteiger partial charge on any atom is 0.174 e. The van der Waals surface area contributed by atoms with Crippen molar-refractivity contribution in [2.45, 2.75) is 25.4 Å². The molecule has 3 nitrogen and oxygen atoms in total. The Hall–Kier alpha value is -1.59. The highest BCUT2D eigenvalue weighted by atomic mass is 32.1. The number of anilines is 1. The molecule has 1 N–H and O–H groups in total. The zero-order valence-electron chi connectivity index (χ0n) is 11.9. The number of ether oxygens (including phenoxy) is 1. The van der Waals surface area contributed by atoms with Crippen LogP contribution >= 0.6 is 23.6 Å². The van der Waals surface area contributed by atoms with E-state index >= 15 is 0 Å². The van der Waals surface area contributed by atoms with Gasteiger partial charge in [-0.3, -0.25) is 0 Å². The van der Waals surface area contributed by atoms with Crippen LogP contribution in [0.4, 0.5) is 5.69 Å². The van der Waals surface area contributed by atoms with E-state index in [1.54, 1.807) is 18.4 Å². The molecular weight excluding hydrogens is 300 g/mol. The number of thiocarbonyl (C=S) groups is 1. The van der Waals surface area contributed by atoms with Crippen molar-refractivity contribution in [3.8, 4) is 5.75 Å². The molecule has 2 aromatic rings. The van der Waals surface area contributed by atoms with Crippen LogP contribution in [0.5, 0.6) is 5.75 Å². The Bertz CT molecular complexity index is 608. The molecule has 110 valence electrons. The lowest BCUT2D eigenvalue weighted by atomic mass is 10.3. The van der Waals surface area contributed by atoms with Gasteiger partial charge in [-0.25, -0.2) is 0 Å². The standard InChI is InChI=1S/C16H18N2OS2/c1-19-14-5-2-4-12(10-14)17-16(20)18(13-7-8-13)11-15-6-3-9-21-15/h2-6,9-10,13H,7-8,11H2,1H3,(H,17,20). The first kappa shape index (κ1) is 14.4. The van der Waals surface area contributed by atoms with Gasteiger partial charge in [0.2, 0.25) is 0 Å². The molecule has 1 heterocycles. The first-order chi connectivity index (χ1) is 10.3. The van der Waals surface area contributed by atoms with Gasteiger partial charge in [-0.2, -0.15) is 0 Å². The second-order valence-electron chi connectivity index (χ2n) is 5.10. The SMILES string of the molecule is COc1cccc(NC(=S)N(Cc2cccs2)C2CC2)c1. The van der Waals surface area contributed by atoms with Crippen molar-refractivity contribution in [3.05, 3.63) is 46.7 Å². The Morgan fingerprint density at radius 2 is 2.24 bits per heavy atom. The van der Waals surface area contributed by atoms with E-state index in [4.69, 9.17) is 17.0 Å². The van der Waals surface area contributed by atoms with Crippen LogP contribution in [0.25, 0.3) is 0 Å². The number of nitrogens with one attached hydrogen (secondary N) is 1. The fourth-order valence-electron chi connectivity index (χ4n) is 2.22. The van der Waals surface area contributed by atoms with E-state index in [1.807, 2.05) is 24.3 Å². The van der Waals surface area contributed by atoms with E-state index < -0.39 is 0 Å². The highest BCUT2D eigenvalue weighted by Crippen LogP contribution is 2.30. The second-order valence-corrected chi connectivity index (χ2v) is 6.52. The molecule has 0 unspecified atom stereocenters. The van der Waals surface area contributed by atoms with Gasteiger partial charge in [0.05, 0.1) is 13.7 Å². The summed E-state index contributed by atoms with van der Waals surface area (Å²) in [4.78, 5) is 3.64. The van der Waals surface area contributed by atoms with Crippen LogP contribution in [0.1, 0.15) is 17.7 Å². The zero-order chi connectivity index (χ0) is 14.7. The molecule has 1 aromatic heterocycles. The number of thiophene rings is 1. The zero-order valence-corrected chi connectivity index (χ0v) is 13.5. The van der Waals surface area contributed by atoms with Crippen LogP contribution in [0.2, 0.25) is 0 Å². The van der Waals surface area contributed by atoms with Crippen molar-refractivity contribution < 1.29 is 4.74 Å². The molecule has 0 amide bonds. The number of rotatable bonds is 5. The summed E-state index contributed by atoms with van der Waals surface area (Å²) in [5.41, 5.74) is 0.969. The molecule has 1 aliphatic rings. The third-order valence-electron chi connectivity index (χ3n) is 3.48. The van der Waals surface area contributed by atoms with Crippen molar-refractivity contribution in [2.75, 3.05) is 12.4 Å². The molecule has 5 heteroatoms. The number of nitrogens with zero attached hydrogens (tertiary/aromatic N) is 1. The molecule has 1 aromatic carbocycles. The number of hydrogen-bond donors (Lipinski definition) is 1. The van der Waals surface area contributed by atoms with Gasteiger partial charge >= 0.3 is 0 Å². The third-order valence-corrected chi connectivity index (χ3v) is 4.67. The molecule has 1 saturated carbocycles. The summed E-state index contributed by atoms with van der Waals surface area (Å²) in [6.07, 6.45) is 2.45. The minimum atomic E-state index is 0.581. The predicted molar refractivity (Wildman–Crippen MR) is 92.1 cm³/mol. The normalized spacial score (nSPS) is 13.8. The molecular formula is C16H18N2OS2. The second kappa shape index (κ2) is 6.45. The largest absolute Gasteiger partial charge is 0.497 e.